The van der Waals surface area contributed by atoms with Crippen LogP contribution < -0.4 is 5.32 Å². The SMILES string of the molecule is CCOC(=O)CC(/C=C/CCCCCNC(=O)OC(C)(C)C)c1cnc(C)cn1. The average molecular weight is 406 g/mol. The molecule has 0 fully saturated rings. The number of hydrogen-bond acceptors (Lipinski definition) is 6. The van der Waals surface area contributed by atoms with Crippen LogP contribution in [0.1, 0.15) is 77.1 Å². The van der Waals surface area contributed by atoms with Gasteiger partial charge in [0.15, 0.2) is 0 Å². The Morgan fingerprint density at radius 2 is 1.93 bits per heavy atom. The molecule has 0 bridgehead atoms. The van der Waals surface area contributed by atoms with Gasteiger partial charge in [-0.1, -0.05) is 18.6 Å². The van der Waals surface area contributed by atoms with E-state index in [1.54, 1.807) is 19.3 Å². The molecule has 7 nitrogen and oxygen atoms in total. The number of nitrogens with zero attached hydrogens (tertiary/aromatic N) is 2. The van der Waals surface area contributed by atoms with Gasteiger partial charge in [0.2, 0.25) is 0 Å². The average Bonchev–Trinajstić information content (AvgIpc) is 2.62. The van der Waals surface area contributed by atoms with Crippen molar-refractivity contribution in [3.8, 4) is 0 Å². The summed E-state index contributed by atoms with van der Waals surface area (Å²) in [6.45, 7) is 10.2. The van der Waals surface area contributed by atoms with Gasteiger partial charge in [-0.3, -0.25) is 14.8 Å². The summed E-state index contributed by atoms with van der Waals surface area (Å²) >= 11 is 0. The molecule has 0 radical (unpaired) electrons. The third-order valence-corrected chi connectivity index (χ3v) is 3.96. The van der Waals surface area contributed by atoms with E-state index in [4.69, 9.17) is 9.47 Å². The van der Waals surface area contributed by atoms with Crippen LogP contribution in [0.2, 0.25) is 0 Å². The van der Waals surface area contributed by atoms with Crippen LogP contribution in [-0.4, -0.2) is 40.8 Å². The minimum Gasteiger partial charge on any atom is -0.466 e. The highest BCUT2D eigenvalue weighted by Crippen LogP contribution is 2.20. The highest BCUT2D eigenvalue weighted by atomic mass is 16.6. The molecule has 0 aromatic carbocycles. The predicted octanol–water partition coefficient (Wildman–Crippen LogP) is 4.46. The molecule has 1 N–H and O–H groups in total. The van der Waals surface area contributed by atoms with Crippen molar-refractivity contribution in [2.24, 2.45) is 0 Å². The first-order chi connectivity index (χ1) is 13.7. The molecular formula is C22H35N3O4. The van der Waals surface area contributed by atoms with E-state index >= 15 is 0 Å². The zero-order chi connectivity index (χ0) is 21.7. The summed E-state index contributed by atoms with van der Waals surface area (Å²) in [6, 6.07) is 0. The highest BCUT2D eigenvalue weighted by molar-refractivity contribution is 5.70. The van der Waals surface area contributed by atoms with Gasteiger partial charge in [-0.15, -0.1) is 0 Å². The Morgan fingerprint density at radius 1 is 1.17 bits per heavy atom. The molecule has 1 atom stereocenters. The van der Waals surface area contributed by atoms with E-state index in [1.165, 1.54) is 0 Å². The lowest BCUT2D eigenvalue weighted by atomic mass is 10.00. The summed E-state index contributed by atoms with van der Waals surface area (Å²) < 4.78 is 10.3. The zero-order valence-electron chi connectivity index (χ0n) is 18.4. The van der Waals surface area contributed by atoms with Gasteiger partial charge in [-0.05, 0) is 53.9 Å². The smallest absolute Gasteiger partial charge is 0.407 e. The molecule has 0 aliphatic carbocycles. The van der Waals surface area contributed by atoms with E-state index in [9.17, 15) is 9.59 Å². The second kappa shape index (κ2) is 12.9. The Labute approximate surface area is 174 Å². The van der Waals surface area contributed by atoms with Gasteiger partial charge in [0.25, 0.3) is 0 Å². The molecule has 0 spiro atoms. The summed E-state index contributed by atoms with van der Waals surface area (Å²) in [7, 11) is 0. The molecule has 1 aromatic rings. The van der Waals surface area contributed by atoms with Gasteiger partial charge in [-0.2, -0.15) is 0 Å². The van der Waals surface area contributed by atoms with Crippen LogP contribution in [0.5, 0.6) is 0 Å². The number of carbonyl (C=O) groups excluding carboxylic acids is 2. The van der Waals surface area contributed by atoms with Crippen molar-refractivity contribution in [3.63, 3.8) is 0 Å². The molecule has 29 heavy (non-hydrogen) atoms. The number of rotatable bonds is 11. The van der Waals surface area contributed by atoms with E-state index in [-0.39, 0.29) is 24.4 Å². The highest BCUT2D eigenvalue weighted by Gasteiger charge is 2.16. The van der Waals surface area contributed by atoms with E-state index in [0.717, 1.165) is 37.1 Å². The molecule has 0 saturated carbocycles. The maximum absolute atomic E-state index is 11.9. The van der Waals surface area contributed by atoms with Crippen molar-refractivity contribution in [2.45, 2.75) is 78.2 Å². The first kappa shape index (κ1) is 24.6. The number of nitrogens with one attached hydrogen (secondary N) is 1. The molecule has 0 saturated heterocycles. The third-order valence-electron chi connectivity index (χ3n) is 3.96. The van der Waals surface area contributed by atoms with Crippen LogP contribution in [-0.2, 0) is 14.3 Å². The lowest BCUT2D eigenvalue weighted by molar-refractivity contribution is -0.143. The van der Waals surface area contributed by atoms with Crippen molar-refractivity contribution in [1.82, 2.24) is 15.3 Å². The van der Waals surface area contributed by atoms with Crippen molar-refractivity contribution in [1.29, 1.82) is 0 Å². The number of aryl methyl sites for hydroxylation is 1. The molecule has 1 rings (SSSR count). The van der Waals surface area contributed by atoms with Gasteiger partial charge in [0, 0.05) is 24.9 Å². The van der Waals surface area contributed by atoms with E-state index < -0.39 is 5.60 Å². The Hall–Kier alpha value is -2.44. The Morgan fingerprint density at radius 3 is 2.55 bits per heavy atom. The Bertz CT molecular complexity index is 651. The van der Waals surface area contributed by atoms with Crippen LogP contribution >= 0.6 is 0 Å². The van der Waals surface area contributed by atoms with Gasteiger partial charge in [0.05, 0.1) is 24.4 Å². The number of alkyl carbamates (subject to hydrolysis) is 1. The van der Waals surface area contributed by atoms with Crippen LogP contribution in [0.15, 0.2) is 24.5 Å². The number of amides is 1. The summed E-state index contributed by atoms with van der Waals surface area (Å²) in [5.41, 5.74) is 1.13. The molecule has 0 aliphatic rings. The fourth-order valence-corrected chi connectivity index (χ4v) is 2.59. The number of allylic oxidation sites excluding steroid dienone is 2. The number of aromatic nitrogens is 2. The zero-order valence-corrected chi connectivity index (χ0v) is 18.4. The molecule has 1 amide bonds. The second-order valence-corrected chi connectivity index (χ2v) is 7.90. The molecule has 1 unspecified atom stereocenters. The number of esters is 1. The lowest BCUT2D eigenvalue weighted by Gasteiger charge is -2.19. The molecule has 0 aliphatic heterocycles. The maximum atomic E-state index is 11.9. The topological polar surface area (TPSA) is 90.4 Å². The Kier molecular flexibility index (Phi) is 10.9. The van der Waals surface area contributed by atoms with Crippen LogP contribution in [0, 0.1) is 6.92 Å². The van der Waals surface area contributed by atoms with E-state index in [0.29, 0.717) is 13.2 Å². The monoisotopic (exact) mass is 405 g/mol. The summed E-state index contributed by atoms with van der Waals surface area (Å²) in [6.07, 6.45) is 11.2. The first-order valence-corrected chi connectivity index (χ1v) is 10.3. The molecule has 162 valence electrons. The van der Waals surface area contributed by atoms with Gasteiger partial charge >= 0.3 is 12.1 Å². The second-order valence-electron chi connectivity index (χ2n) is 7.90. The summed E-state index contributed by atoms with van der Waals surface area (Å²) in [4.78, 5) is 32.1. The van der Waals surface area contributed by atoms with E-state index in [2.05, 4.69) is 21.4 Å². The minimum atomic E-state index is -0.475. The molecule has 1 heterocycles. The Balaban J connectivity index is 2.37. The van der Waals surface area contributed by atoms with Crippen LogP contribution in [0.3, 0.4) is 0 Å². The summed E-state index contributed by atoms with van der Waals surface area (Å²) in [5.74, 6) is -0.381. The van der Waals surface area contributed by atoms with Crippen LogP contribution in [0.25, 0.3) is 0 Å². The number of carbonyl (C=O) groups is 2. The summed E-state index contributed by atoms with van der Waals surface area (Å²) in [5, 5.41) is 2.76. The third kappa shape index (κ3) is 11.9. The normalized spacial score (nSPS) is 12.6. The maximum Gasteiger partial charge on any atom is 0.407 e. The fraction of sp³-hybridized carbons (Fsp3) is 0.636. The van der Waals surface area contributed by atoms with Gasteiger partial charge < -0.3 is 14.8 Å². The van der Waals surface area contributed by atoms with Gasteiger partial charge in [-0.25, -0.2) is 4.79 Å². The van der Waals surface area contributed by atoms with Crippen molar-refractivity contribution < 1.29 is 19.1 Å². The number of ether oxygens (including phenoxy) is 2. The quantitative estimate of drug-likeness (QED) is 0.332. The van der Waals surface area contributed by atoms with Crippen molar-refractivity contribution >= 4 is 12.1 Å². The molecular weight excluding hydrogens is 370 g/mol. The van der Waals surface area contributed by atoms with Gasteiger partial charge in [0.1, 0.15) is 5.60 Å². The standard InChI is InChI=1S/C22H35N3O4/c1-6-28-20(26)14-18(19-16-24-17(2)15-25-19)12-10-8-7-9-11-13-23-21(27)29-22(3,4)5/h10,12,15-16,18H,6-9,11,13-14H2,1-5H3,(H,23,27)/b12-10+. The lowest BCUT2D eigenvalue weighted by Crippen LogP contribution is -2.32. The predicted molar refractivity (Wildman–Crippen MR) is 113 cm³/mol. The molecule has 1 aromatic heterocycles. The first-order valence-electron chi connectivity index (χ1n) is 10.3. The van der Waals surface area contributed by atoms with Crippen molar-refractivity contribution in [3.05, 3.63) is 35.9 Å². The number of unbranched alkanes of at least 4 members (excludes halogenated alkanes) is 3. The van der Waals surface area contributed by atoms with E-state index in [1.807, 2.05) is 33.8 Å². The molecule has 7 heteroatoms. The number of hydrogen-bond donors (Lipinski definition) is 1. The largest absolute Gasteiger partial charge is 0.466 e. The van der Waals surface area contributed by atoms with Crippen molar-refractivity contribution in [2.75, 3.05) is 13.2 Å². The van der Waals surface area contributed by atoms with Crippen LogP contribution in [0.4, 0.5) is 4.79 Å². The minimum absolute atomic E-state index is 0.143. The fourth-order valence-electron chi connectivity index (χ4n) is 2.59.